The predicted octanol–water partition coefficient (Wildman–Crippen LogP) is -0.00280. The van der Waals surface area contributed by atoms with E-state index in [-0.39, 0.29) is 29.7 Å². The first-order valence-corrected chi connectivity index (χ1v) is 10.3. The van der Waals surface area contributed by atoms with Crippen molar-refractivity contribution >= 4 is 17.7 Å². The molecule has 0 aromatic heterocycles. The molecule has 3 N–H and O–H groups in total. The molecule has 1 aromatic carbocycles. The van der Waals surface area contributed by atoms with Crippen molar-refractivity contribution in [2.75, 3.05) is 26.3 Å². The molecule has 154 valence electrons. The van der Waals surface area contributed by atoms with Gasteiger partial charge < -0.3 is 15.4 Å². The number of carbonyl (C=O) groups is 3. The SMILES string of the molecule is NC12COCCC1CN(Cc1cccc3c1C(=O)N(C1CCC(=O)NC1=O)C3)C2. The Labute approximate surface area is 169 Å². The molecule has 0 bridgehead atoms. The number of ether oxygens (including phenoxy) is 1. The van der Waals surface area contributed by atoms with Gasteiger partial charge in [0.15, 0.2) is 0 Å². The van der Waals surface area contributed by atoms with Gasteiger partial charge in [0.2, 0.25) is 11.8 Å². The summed E-state index contributed by atoms with van der Waals surface area (Å²) in [7, 11) is 0. The molecule has 4 aliphatic rings. The number of imide groups is 1. The monoisotopic (exact) mass is 398 g/mol. The third-order valence-electron chi connectivity index (χ3n) is 6.82. The zero-order chi connectivity index (χ0) is 20.2. The molecule has 1 aromatic rings. The van der Waals surface area contributed by atoms with Gasteiger partial charge in [0.1, 0.15) is 6.04 Å². The molecule has 0 radical (unpaired) electrons. The minimum atomic E-state index is -0.584. The summed E-state index contributed by atoms with van der Waals surface area (Å²) in [5.74, 6) is -0.347. The number of hydrogen-bond donors (Lipinski definition) is 2. The van der Waals surface area contributed by atoms with Crippen LogP contribution in [-0.4, -0.2) is 65.4 Å². The number of amides is 3. The maximum atomic E-state index is 13.2. The summed E-state index contributed by atoms with van der Waals surface area (Å²) in [5, 5.41) is 2.35. The Bertz CT molecular complexity index is 887. The van der Waals surface area contributed by atoms with Gasteiger partial charge in [-0.2, -0.15) is 0 Å². The van der Waals surface area contributed by atoms with Crippen LogP contribution in [0, 0.1) is 5.92 Å². The second kappa shape index (κ2) is 6.90. The molecule has 8 heteroatoms. The van der Waals surface area contributed by atoms with Crippen LogP contribution >= 0.6 is 0 Å². The summed E-state index contributed by atoms with van der Waals surface area (Å²) in [6, 6.07) is 5.33. The number of nitrogens with two attached hydrogens (primary N) is 1. The predicted molar refractivity (Wildman–Crippen MR) is 104 cm³/mol. The van der Waals surface area contributed by atoms with Crippen LogP contribution in [0.2, 0.25) is 0 Å². The largest absolute Gasteiger partial charge is 0.379 e. The van der Waals surface area contributed by atoms with Gasteiger partial charge in [0.25, 0.3) is 5.91 Å². The van der Waals surface area contributed by atoms with Crippen LogP contribution in [0.4, 0.5) is 0 Å². The first kappa shape index (κ1) is 18.7. The summed E-state index contributed by atoms with van der Waals surface area (Å²) in [4.78, 5) is 40.9. The lowest BCUT2D eigenvalue weighted by Crippen LogP contribution is -2.54. The van der Waals surface area contributed by atoms with E-state index in [2.05, 4.69) is 10.2 Å². The van der Waals surface area contributed by atoms with Crippen LogP contribution in [0.5, 0.6) is 0 Å². The van der Waals surface area contributed by atoms with Gasteiger partial charge in [-0.05, 0) is 29.9 Å². The molecular weight excluding hydrogens is 372 g/mol. The lowest BCUT2D eigenvalue weighted by Gasteiger charge is -2.34. The maximum Gasteiger partial charge on any atom is 0.255 e. The van der Waals surface area contributed by atoms with Crippen molar-refractivity contribution in [3.63, 3.8) is 0 Å². The molecule has 8 nitrogen and oxygen atoms in total. The molecule has 3 saturated heterocycles. The number of fused-ring (bicyclic) bond motifs is 2. The highest BCUT2D eigenvalue weighted by Gasteiger charge is 2.46. The van der Waals surface area contributed by atoms with Gasteiger partial charge in [-0.1, -0.05) is 18.2 Å². The van der Waals surface area contributed by atoms with Gasteiger partial charge >= 0.3 is 0 Å². The van der Waals surface area contributed by atoms with Gasteiger partial charge in [-0.25, -0.2) is 0 Å². The Balaban J connectivity index is 1.35. The number of carbonyl (C=O) groups excluding carboxylic acids is 3. The van der Waals surface area contributed by atoms with E-state index in [4.69, 9.17) is 10.5 Å². The maximum absolute atomic E-state index is 13.2. The second-order valence-corrected chi connectivity index (χ2v) is 8.79. The summed E-state index contributed by atoms with van der Waals surface area (Å²) < 4.78 is 5.60. The summed E-state index contributed by atoms with van der Waals surface area (Å²) in [6.45, 7) is 4.08. The number of rotatable bonds is 3. The average molecular weight is 398 g/mol. The lowest BCUT2D eigenvalue weighted by atomic mass is 9.85. The average Bonchev–Trinajstić information content (AvgIpc) is 3.19. The highest BCUT2D eigenvalue weighted by Crippen LogP contribution is 2.35. The van der Waals surface area contributed by atoms with Crippen molar-refractivity contribution in [3.8, 4) is 0 Å². The molecule has 3 fully saturated rings. The highest BCUT2D eigenvalue weighted by molar-refractivity contribution is 6.05. The van der Waals surface area contributed by atoms with Crippen LogP contribution < -0.4 is 11.1 Å². The van der Waals surface area contributed by atoms with Crippen molar-refractivity contribution in [1.29, 1.82) is 0 Å². The van der Waals surface area contributed by atoms with Crippen molar-refractivity contribution in [3.05, 3.63) is 34.9 Å². The van der Waals surface area contributed by atoms with Crippen molar-refractivity contribution in [2.45, 2.75) is 43.9 Å². The number of nitrogens with one attached hydrogen (secondary N) is 1. The highest BCUT2D eigenvalue weighted by atomic mass is 16.5. The van der Waals surface area contributed by atoms with Gasteiger partial charge in [0, 0.05) is 44.8 Å². The van der Waals surface area contributed by atoms with E-state index >= 15 is 0 Å². The number of piperidine rings is 1. The molecule has 4 heterocycles. The van der Waals surface area contributed by atoms with E-state index < -0.39 is 6.04 Å². The van der Waals surface area contributed by atoms with Crippen LogP contribution in [-0.2, 0) is 27.4 Å². The topological polar surface area (TPSA) is 105 Å². The Kier molecular flexibility index (Phi) is 4.45. The van der Waals surface area contributed by atoms with Gasteiger partial charge in [-0.3, -0.25) is 24.6 Å². The molecule has 0 saturated carbocycles. The molecule has 5 rings (SSSR count). The third-order valence-corrected chi connectivity index (χ3v) is 6.82. The number of benzene rings is 1. The van der Waals surface area contributed by atoms with Crippen LogP contribution in [0.3, 0.4) is 0 Å². The van der Waals surface area contributed by atoms with Crippen molar-refractivity contribution in [2.24, 2.45) is 11.7 Å². The van der Waals surface area contributed by atoms with Crippen molar-refractivity contribution in [1.82, 2.24) is 15.1 Å². The van der Waals surface area contributed by atoms with E-state index in [1.807, 2.05) is 18.2 Å². The number of nitrogens with zero attached hydrogens (tertiary/aromatic N) is 2. The van der Waals surface area contributed by atoms with Crippen LogP contribution in [0.1, 0.15) is 40.7 Å². The third kappa shape index (κ3) is 3.15. The van der Waals surface area contributed by atoms with E-state index in [9.17, 15) is 14.4 Å². The Morgan fingerprint density at radius 1 is 1.24 bits per heavy atom. The van der Waals surface area contributed by atoms with Crippen LogP contribution in [0.15, 0.2) is 18.2 Å². The normalized spacial score (nSPS) is 32.3. The van der Waals surface area contributed by atoms with Crippen molar-refractivity contribution < 1.29 is 19.1 Å². The van der Waals surface area contributed by atoms with E-state index in [1.54, 1.807) is 4.90 Å². The minimum Gasteiger partial charge on any atom is -0.379 e. The standard InChI is InChI=1S/C21H26N4O4/c22-21-11-24(10-15(21)6-7-29-12-21)8-13-2-1-3-14-9-25(20(28)18(13)14)16-4-5-17(26)23-19(16)27/h1-3,15-16H,4-12,22H2,(H,23,26,27). The first-order valence-electron chi connectivity index (χ1n) is 10.3. The molecule has 4 aliphatic heterocycles. The van der Waals surface area contributed by atoms with Gasteiger partial charge in [0.05, 0.1) is 12.1 Å². The molecule has 3 atom stereocenters. The summed E-state index contributed by atoms with van der Waals surface area (Å²) in [5.41, 5.74) is 8.90. The fraction of sp³-hybridized carbons (Fsp3) is 0.571. The van der Waals surface area contributed by atoms with E-state index in [0.29, 0.717) is 37.6 Å². The quantitative estimate of drug-likeness (QED) is 0.695. The first-order chi connectivity index (χ1) is 13.9. The van der Waals surface area contributed by atoms with Crippen LogP contribution in [0.25, 0.3) is 0 Å². The fourth-order valence-corrected chi connectivity index (χ4v) is 5.32. The molecule has 3 amide bonds. The molecule has 0 aliphatic carbocycles. The Morgan fingerprint density at radius 2 is 2.10 bits per heavy atom. The zero-order valence-electron chi connectivity index (χ0n) is 16.4. The van der Waals surface area contributed by atoms with E-state index in [0.717, 1.165) is 37.2 Å². The number of likely N-dealkylation sites (tertiary alicyclic amines) is 1. The zero-order valence-corrected chi connectivity index (χ0v) is 16.4. The summed E-state index contributed by atoms with van der Waals surface area (Å²) in [6.07, 6.45) is 1.62. The minimum absolute atomic E-state index is 0.118. The molecular formula is C21H26N4O4. The Morgan fingerprint density at radius 3 is 2.90 bits per heavy atom. The number of hydrogen-bond acceptors (Lipinski definition) is 6. The Hall–Kier alpha value is -2.29. The molecule has 3 unspecified atom stereocenters. The molecule has 29 heavy (non-hydrogen) atoms. The van der Waals surface area contributed by atoms with E-state index in [1.165, 1.54) is 0 Å². The molecule has 0 spiro atoms. The second-order valence-electron chi connectivity index (χ2n) is 8.79. The van der Waals surface area contributed by atoms with Gasteiger partial charge in [-0.15, -0.1) is 0 Å². The summed E-state index contributed by atoms with van der Waals surface area (Å²) >= 11 is 0. The fourth-order valence-electron chi connectivity index (χ4n) is 5.32. The lowest BCUT2D eigenvalue weighted by molar-refractivity contribution is -0.136. The smallest absolute Gasteiger partial charge is 0.255 e.